The fourth-order valence-electron chi connectivity index (χ4n) is 3.12. The van der Waals surface area contributed by atoms with Crippen LogP contribution in [0.1, 0.15) is 71.1 Å². The Hall–Kier alpha value is -2.04. The van der Waals surface area contributed by atoms with E-state index in [4.69, 9.17) is 4.52 Å². The van der Waals surface area contributed by atoms with Gasteiger partial charge >= 0.3 is 0 Å². The molecule has 5 heteroatoms. The van der Waals surface area contributed by atoms with Crippen molar-refractivity contribution in [3.05, 3.63) is 36.0 Å². The lowest BCUT2D eigenvalue weighted by Crippen LogP contribution is -2.23. The van der Waals surface area contributed by atoms with Crippen molar-refractivity contribution in [1.82, 2.24) is 10.1 Å². The molecular weight excluding hydrogens is 312 g/mol. The molecule has 1 N–H and O–H groups in total. The fourth-order valence-corrected chi connectivity index (χ4v) is 3.12. The van der Waals surface area contributed by atoms with Crippen LogP contribution in [0.15, 0.2) is 28.8 Å². The maximum atomic E-state index is 5.43. The minimum Gasteiger partial charge on any atom is -0.374 e. The van der Waals surface area contributed by atoms with Gasteiger partial charge in [-0.15, -0.1) is 0 Å². The van der Waals surface area contributed by atoms with Crippen molar-refractivity contribution < 1.29 is 4.52 Å². The number of anilines is 2. The molecule has 136 valence electrons. The van der Waals surface area contributed by atoms with Gasteiger partial charge in [-0.2, -0.15) is 4.98 Å². The average Bonchev–Trinajstić information content (AvgIpc) is 2.93. The first-order valence-electron chi connectivity index (χ1n) is 9.39. The van der Waals surface area contributed by atoms with Crippen molar-refractivity contribution in [3.8, 4) is 0 Å². The summed E-state index contributed by atoms with van der Waals surface area (Å²) in [4.78, 5) is 7.02. The number of rotatable bonds is 4. The zero-order chi connectivity index (χ0) is 17.9. The van der Waals surface area contributed by atoms with Crippen LogP contribution < -0.4 is 10.2 Å². The van der Waals surface area contributed by atoms with E-state index in [-0.39, 0.29) is 11.5 Å². The molecule has 1 fully saturated rings. The maximum Gasteiger partial charge on any atom is 0.248 e. The number of benzene rings is 1. The van der Waals surface area contributed by atoms with Crippen LogP contribution in [0.25, 0.3) is 0 Å². The predicted octanol–water partition coefficient (Wildman–Crippen LogP) is 4.92. The molecular formula is C20H30N4O. The molecule has 2 heterocycles. The second-order valence-electron chi connectivity index (χ2n) is 8.02. The molecule has 1 aliphatic rings. The molecule has 3 rings (SSSR count). The molecule has 1 aliphatic heterocycles. The van der Waals surface area contributed by atoms with Gasteiger partial charge in [0, 0.05) is 29.9 Å². The van der Waals surface area contributed by atoms with Gasteiger partial charge in [-0.25, -0.2) is 0 Å². The van der Waals surface area contributed by atoms with E-state index < -0.39 is 0 Å². The Kier molecular flexibility index (Phi) is 5.30. The van der Waals surface area contributed by atoms with Crippen molar-refractivity contribution in [3.63, 3.8) is 0 Å². The third kappa shape index (κ3) is 4.53. The molecule has 1 atom stereocenters. The average molecular weight is 342 g/mol. The molecule has 2 aromatic rings. The lowest BCUT2D eigenvalue weighted by Gasteiger charge is -2.23. The van der Waals surface area contributed by atoms with E-state index in [9.17, 15) is 0 Å². The van der Waals surface area contributed by atoms with Gasteiger partial charge in [0.25, 0.3) is 0 Å². The van der Waals surface area contributed by atoms with Crippen LogP contribution >= 0.6 is 0 Å². The highest BCUT2D eigenvalue weighted by Gasteiger charge is 2.23. The Labute approximate surface area is 150 Å². The zero-order valence-electron chi connectivity index (χ0n) is 15.9. The predicted molar refractivity (Wildman–Crippen MR) is 102 cm³/mol. The van der Waals surface area contributed by atoms with Crippen LogP contribution in [0.5, 0.6) is 0 Å². The third-order valence-electron chi connectivity index (χ3n) is 4.70. The summed E-state index contributed by atoms with van der Waals surface area (Å²) in [5.74, 6) is 1.37. The second kappa shape index (κ2) is 7.46. The molecule has 25 heavy (non-hydrogen) atoms. The first-order chi connectivity index (χ1) is 11.9. The minimum absolute atomic E-state index is 0.0207. The Morgan fingerprint density at radius 2 is 1.68 bits per heavy atom. The Morgan fingerprint density at radius 3 is 2.24 bits per heavy atom. The van der Waals surface area contributed by atoms with E-state index >= 15 is 0 Å². The molecule has 0 aliphatic carbocycles. The van der Waals surface area contributed by atoms with Gasteiger partial charge in [0.05, 0.1) is 0 Å². The fraction of sp³-hybridized carbons (Fsp3) is 0.600. The molecule has 0 spiro atoms. The SMILES string of the molecule is CC(Nc1ccc(N2CCCCCC2)cc1)c1nc(C(C)(C)C)no1. The highest BCUT2D eigenvalue weighted by Crippen LogP contribution is 2.25. The van der Waals surface area contributed by atoms with Crippen molar-refractivity contribution in [2.75, 3.05) is 23.3 Å². The smallest absolute Gasteiger partial charge is 0.248 e. The largest absolute Gasteiger partial charge is 0.374 e. The summed E-state index contributed by atoms with van der Waals surface area (Å²) in [7, 11) is 0. The standard InChI is InChI=1S/C20H30N4O/c1-15(18-22-19(23-25-18)20(2,3)4)21-16-9-11-17(12-10-16)24-13-7-5-6-8-14-24/h9-12,15,21H,5-8,13-14H2,1-4H3. The summed E-state index contributed by atoms with van der Waals surface area (Å²) >= 11 is 0. The van der Waals surface area contributed by atoms with Crippen LogP contribution in [0.4, 0.5) is 11.4 Å². The van der Waals surface area contributed by atoms with E-state index in [0.29, 0.717) is 5.89 Å². The summed E-state index contributed by atoms with van der Waals surface area (Å²) in [5, 5.41) is 7.55. The zero-order valence-corrected chi connectivity index (χ0v) is 15.9. The Balaban J connectivity index is 1.63. The van der Waals surface area contributed by atoms with Gasteiger partial charge in [0.15, 0.2) is 5.82 Å². The minimum atomic E-state index is -0.101. The highest BCUT2D eigenvalue weighted by atomic mass is 16.5. The lowest BCUT2D eigenvalue weighted by atomic mass is 9.96. The van der Waals surface area contributed by atoms with Crippen molar-refractivity contribution >= 4 is 11.4 Å². The summed E-state index contributed by atoms with van der Waals surface area (Å²) in [6.07, 6.45) is 5.30. The summed E-state index contributed by atoms with van der Waals surface area (Å²) in [6.45, 7) is 10.6. The number of hydrogen-bond donors (Lipinski definition) is 1. The van der Waals surface area contributed by atoms with Gasteiger partial charge in [0.2, 0.25) is 5.89 Å². The van der Waals surface area contributed by atoms with Crippen LogP contribution in [0.2, 0.25) is 0 Å². The van der Waals surface area contributed by atoms with Crippen LogP contribution in [0, 0.1) is 0 Å². The van der Waals surface area contributed by atoms with Gasteiger partial charge in [-0.05, 0) is 44.0 Å². The van der Waals surface area contributed by atoms with Crippen molar-refractivity contribution in [2.45, 2.75) is 64.8 Å². The van der Waals surface area contributed by atoms with Crippen LogP contribution in [0.3, 0.4) is 0 Å². The number of aromatic nitrogens is 2. The summed E-state index contributed by atoms with van der Waals surface area (Å²) in [5.41, 5.74) is 2.28. The maximum absolute atomic E-state index is 5.43. The van der Waals surface area contributed by atoms with E-state index in [2.05, 4.69) is 65.4 Å². The summed E-state index contributed by atoms with van der Waals surface area (Å²) < 4.78 is 5.43. The van der Waals surface area contributed by atoms with E-state index in [1.165, 1.54) is 44.5 Å². The quantitative estimate of drug-likeness (QED) is 0.854. The Bertz CT molecular complexity index is 664. The second-order valence-corrected chi connectivity index (χ2v) is 8.02. The summed E-state index contributed by atoms with van der Waals surface area (Å²) in [6, 6.07) is 8.66. The molecule has 1 aromatic carbocycles. The highest BCUT2D eigenvalue weighted by molar-refractivity contribution is 5.55. The monoisotopic (exact) mass is 342 g/mol. The van der Waals surface area contributed by atoms with Crippen LogP contribution in [-0.2, 0) is 5.41 Å². The molecule has 1 unspecified atom stereocenters. The van der Waals surface area contributed by atoms with E-state index in [1.807, 2.05) is 6.92 Å². The van der Waals surface area contributed by atoms with Crippen molar-refractivity contribution in [1.29, 1.82) is 0 Å². The molecule has 0 bridgehead atoms. The Morgan fingerprint density at radius 1 is 1.04 bits per heavy atom. The third-order valence-corrected chi connectivity index (χ3v) is 4.70. The molecule has 1 aromatic heterocycles. The number of nitrogens with zero attached hydrogens (tertiary/aromatic N) is 3. The molecule has 0 amide bonds. The topological polar surface area (TPSA) is 54.2 Å². The van der Waals surface area contributed by atoms with Gasteiger partial charge in [-0.3, -0.25) is 0 Å². The van der Waals surface area contributed by atoms with Crippen molar-refractivity contribution in [2.24, 2.45) is 0 Å². The normalized spacial score (nSPS) is 17.2. The van der Waals surface area contributed by atoms with E-state index in [1.54, 1.807) is 0 Å². The van der Waals surface area contributed by atoms with E-state index in [0.717, 1.165) is 11.5 Å². The van der Waals surface area contributed by atoms with Gasteiger partial charge < -0.3 is 14.7 Å². The molecule has 5 nitrogen and oxygen atoms in total. The van der Waals surface area contributed by atoms with Gasteiger partial charge in [0.1, 0.15) is 6.04 Å². The van der Waals surface area contributed by atoms with Crippen LogP contribution in [-0.4, -0.2) is 23.2 Å². The lowest BCUT2D eigenvalue weighted by molar-refractivity contribution is 0.354. The van der Waals surface area contributed by atoms with Gasteiger partial charge in [-0.1, -0.05) is 38.8 Å². The number of nitrogens with one attached hydrogen (secondary N) is 1. The number of hydrogen-bond acceptors (Lipinski definition) is 5. The molecule has 0 saturated carbocycles. The molecule has 1 saturated heterocycles. The first-order valence-corrected chi connectivity index (χ1v) is 9.39. The molecule has 0 radical (unpaired) electrons. The first kappa shape index (κ1) is 17.8.